The highest BCUT2D eigenvalue weighted by molar-refractivity contribution is 5.71. The lowest BCUT2D eigenvalue weighted by Gasteiger charge is -2.18. The van der Waals surface area contributed by atoms with Gasteiger partial charge >= 0.3 is 17.9 Å². The van der Waals surface area contributed by atoms with Gasteiger partial charge in [0.05, 0.1) is 0 Å². The largest absolute Gasteiger partial charge is 0.462 e. The van der Waals surface area contributed by atoms with Crippen LogP contribution in [0.5, 0.6) is 0 Å². The second-order valence-electron chi connectivity index (χ2n) is 24.2. The van der Waals surface area contributed by atoms with Crippen molar-refractivity contribution in [3.63, 3.8) is 0 Å². The number of carbonyl (C=O) groups excluding carboxylic acids is 3. The molecule has 0 N–H and O–H groups in total. The van der Waals surface area contributed by atoms with Crippen LogP contribution in [0.3, 0.4) is 0 Å². The number of allylic oxidation sites excluding steroid dienone is 4. The predicted octanol–water partition coefficient (Wildman–Crippen LogP) is 24.2. The van der Waals surface area contributed by atoms with Gasteiger partial charge in [-0.3, -0.25) is 14.4 Å². The molecule has 78 heavy (non-hydrogen) atoms. The fourth-order valence-electron chi connectivity index (χ4n) is 10.9. The highest BCUT2D eigenvalue weighted by Crippen LogP contribution is 2.19. The van der Waals surface area contributed by atoms with E-state index in [1.54, 1.807) is 0 Å². The second kappa shape index (κ2) is 67.4. The predicted molar refractivity (Wildman–Crippen MR) is 340 cm³/mol. The van der Waals surface area contributed by atoms with Gasteiger partial charge in [-0.2, -0.15) is 0 Å². The van der Waals surface area contributed by atoms with E-state index in [0.717, 1.165) is 70.6 Å². The first-order chi connectivity index (χ1) is 38.5. The van der Waals surface area contributed by atoms with Crippen molar-refractivity contribution in [3.05, 3.63) is 24.3 Å². The van der Waals surface area contributed by atoms with Crippen LogP contribution in [0.2, 0.25) is 0 Å². The van der Waals surface area contributed by atoms with Gasteiger partial charge in [-0.1, -0.05) is 353 Å². The maximum Gasteiger partial charge on any atom is 0.306 e. The molecule has 0 spiro atoms. The first-order valence-electron chi connectivity index (χ1n) is 35.3. The van der Waals surface area contributed by atoms with Crippen LogP contribution in [0.15, 0.2) is 24.3 Å². The van der Waals surface area contributed by atoms with Crippen molar-refractivity contribution in [3.8, 4) is 0 Å². The fraction of sp³-hybridized carbons (Fsp3) is 0.903. The second-order valence-corrected chi connectivity index (χ2v) is 24.2. The van der Waals surface area contributed by atoms with Gasteiger partial charge in [0.1, 0.15) is 13.2 Å². The van der Waals surface area contributed by atoms with Crippen LogP contribution in [0.4, 0.5) is 0 Å². The Morgan fingerprint density at radius 2 is 0.462 bits per heavy atom. The van der Waals surface area contributed by atoms with E-state index in [1.807, 2.05) is 0 Å². The summed E-state index contributed by atoms with van der Waals surface area (Å²) in [6, 6.07) is 0. The van der Waals surface area contributed by atoms with E-state index in [9.17, 15) is 14.4 Å². The molecule has 0 aromatic carbocycles. The van der Waals surface area contributed by atoms with Gasteiger partial charge in [0.15, 0.2) is 6.10 Å². The van der Waals surface area contributed by atoms with Crippen molar-refractivity contribution in [1.29, 1.82) is 0 Å². The number of rotatable bonds is 66. The molecular formula is C72H136O6. The third kappa shape index (κ3) is 64.7. The number of hydrogen-bond donors (Lipinski definition) is 0. The van der Waals surface area contributed by atoms with Gasteiger partial charge in [0, 0.05) is 19.3 Å². The van der Waals surface area contributed by atoms with Crippen molar-refractivity contribution in [1.82, 2.24) is 0 Å². The Labute approximate surface area is 487 Å². The molecule has 0 fully saturated rings. The van der Waals surface area contributed by atoms with Crippen LogP contribution < -0.4 is 0 Å². The topological polar surface area (TPSA) is 78.9 Å². The Morgan fingerprint density at radius 3 is 0.731 bits per heavy atom. The summed E-state index contributed by atoms with van der Waals surface area (Å²) in [5.41, 5.74) is 0. The molecule has 6 nitrogen and oxygen atoms in total. The molecule has 1 atom stereocenters. The van der Waals surface area contributed by atoms with Crippen molar-refractivity contribution in [2.75, 3.05) is 13.2 Å². The lowest BCUT2D eigenvalue weighted by molar-refractivity contribution is -0.167. The molecule has 0 saturated heterocycles. The minimum atomic E-state index is -0.772. The van der Waals surface area contributed by atoms with Crippen molar-refractivity contribution in [2.45, 2.75) is 406 Å². The van der Waals surface area contributed by atoms with E-state index in [-0.39, 0.29) is 31.1 Å². The highest BCUT2D eigenvalue weighted by atomic mass is 16.6. The summed E-state index contributed by atoms with van der Waals surface area (Å²) in [4.78, 5) is 38.5. The van der Waals surface area contributed by atoms with Gasteiger partial charge in [-0.25, -0.2) is 0 Å². The van der Waals surface area contributed by atoms with Crippen LogP contribution >= 0.6 is 0 Å². The maximum absolute atomic E-state index is 13.0. The van der Waals surface area contributed by atoms with Crippen molar-refractivity contribution >= 4 is 17.9 Å². The fourth-order valence-corrected chi connectivity index (χ4v) is 10.9. The number of carbonyl (C=O) groups is 3. The molecule has 1 unspecified atom stereocenters. The summed E-state index contributed by atoms with van der Waals surface area (Å²) in [6.07, 6.45) is 82.0. The molecule has 0 aliphatic heterocycles. The molecule has 0 radical (unpaired) electrons. The first kappa shape index (κ1) is 75.9. The van der Waals surface area contributed by atoms with E-state index in [2.05, 4.69) is 45.1 Å². The minimum Gasteiger partial charge on any atom is -0.462 e. The molecule has 0 aliphatic rings. The molecule has 0 heterocycles. The van der Waals surface area contributed by atoms with Crippen LogP contribution in [-0.2, 0) is 28.6 Å². The Morgan fingerprint density at radius 1 is 0.256 bits per heavy atom. The number of esters is 3. The monoisotopic (exact) mass is 1100 g/mol. The van der Waals surface area contributed by atoms with E-state index in [4.69, 9.17) is 14.2 Å². The summed E-state index contributed by atoms with van der Waals surface area (Å²) in [6.45, 7) is 6.70. The number of ether oxygens (including phenoxy) is 3. The lowest BCUT2D eigenvalue weighted by atomic mass is 10.0. The van der Waals surface area contributed by atoms with Gasteiger partial charge < -0.3 is 14.2 Å². The Hall–Kier alpha value is -2.11. The van der Waals surface area contributed by atoms with E-state index in [0.29, 0.717) is 19.3 Å². The third-order valence-electron chi connectivity index (χ3n) is 16.2. The lowest BCUT2D eigenvalue weighted by Crippen LogP contribution is -2.30. The summed E-state index contributed by atoms with van der Waals surface area (Å²) in [7, 11) is 0. The zero-order valence-corrected chi connectivity index (χ0v) is 53.0. The summed E-state index contributed by atoms with van der Waals surface area (Å²) in [5, 5.41) is 0. The molecule has 0 aromatic rings. The molecule has 0 bridgehead atoms. The Kier molecular flexibility index (Phi) is 65.6. The quantitative estimate of drug-likeness (QED) is 0.0261. The zero-order valence-electron chi connectivity index (χ0n) is 53.0. The van der Waals surface area contributed by atoms with Gasteiger partial charge in [0.25, 0.3) is 0 Å². The Bertz CT molecular complexity index is 1260. The molecule has 0 amide bonds. The van der Waals surface area contributed by atoms with Crippen molar-refractivity contribution in [2.24, 2.45) is 0 Å². The number of hydrogen-bond acceptors (Lipinski definition) is 6. The maximum atomic E-state index is 13.0. The molecule has 0 aromatic heterocycles. The zero-order chi connectivity index (χ0) is 56.4. The van der Waals surface area contributed by atoms with Gasteiger partial charge in [-0.15, -0.1) is 0 Å². The minimum absolute atomic E-state index is 0.0670. The standard InChI is InChI=1S/C72H136O6/c1-4-7-10-13-16-19-22-25-28-31-33-35-36-37-39-41-44-47-50-53-56-59-62-65-71(74)77-68-69(67-76-70(73)64-61-58-55-52-49-46-43-40-30-27-24-21-18-15-12-9-6-3)78-72(75)66-63-60-57-54-51-48-45-42-38-34-32-29-26-23-20-17-14-11-8-5-2/h18,21,27,30,69H,4-17,19-20,22-26,28-29,31-68H2,1-3H3/b21-18-,30-27-. The molecule has 6 heteroatoms. The van der Waals surface area contributed by atoms with Crippen LogP contribution in [-0.4, -0.2) is 37.2 Å². The number of unbranched alkanes of at least 4 members (excludes halogenated alkanes) is 51. The molecule has 0 aliphatic carbocycles. The highest BCUT2D eigenvalue weighted by Gasteiger charge is 2.19. The van der Waals surface area contributed by atoms with Crippen molar-refractivity contribution < 1.29 is 28.6 Å². The summed E-state index contributed by atoms with van der Waals surface area (Å²) >= 11 is 0. The molecule has 460 valence electrons. The van der Waals surface area contributed by atoms with Crippen LogP contribution in [0, 0.1) is 0 Å². The normalized spacial score (nSPS) is 12.1. The molecule has 0 rings (SSSR count). The Balaban J connectivity index is 4.28. The average molecular weight is 1100 g/mol. The van der Waals surface area contributed by atoms with E-state index < -0.39 is 6.10 Å². The average Bonchev–Trinajstić information content (AvgIpc) is 3.44. The van der Waals surface area contributed by atoms with Crippen LogP contribution in [0.25, 0.3) is 0 Å². The summed E-state index contributed by atoms with van der Waals surface area (Å²) in [5.74, 6) is -0.841. The third-order valence-corrected chi connectivity index (χ3v) is 16.2. The van der Waals surface area contributed by atoms with Gasteiger partial charge in [-0.05, 0) is 51.4 Å². The van der Waals surface area contributed by atoms with Crippen LogP contribution in [0.1, 0.15) is 400 Å². The summed E-state index contributed by atoms with van der Waals surface area (Å²) < 4.78 is 17.0. The molecule has 0 saturated carbocycles. The van der Waals surface area contributed by atoms with E-state index in [1.165, 1.54) is 289 Å². The van der Waals surface area contributed by atoms with E-state index >= 15 is 0 Å². The smallest absolute Gasteiger partial charge is 0.306 e. The molecular weight excluding hydrogens is 961 g/mol. The SMILES string of the molecule is CCCCC/C=C\C/C=C\CCCCCCCCCC(=O)OCC(COC(=O)CCCCCCCCCCCCCCCCCCCCCCCCC)OC(=O)CCCCCCCCCCCCCCCCCCCCCC. The van der Waals surface area contributed by atoms with Gasteiger partial charge in [0.2, 0.25) is 0 Å². The first-order valence-corrected chi connectivity index (χ1v) is 35.3.